The number of hydrogen-bond donors (Lipinski definition) is 1. The molecule has 0 aromatic rings. The van der Waals surface area contributed by atoms with Gasteiger partial charge < -0.3 is 5.11 Å². The van der Waals surface area contributed by atoms with Crippen LogP contribution in [0.5, 0.6) is 0 Å². The Morgan fingerprint density at radius 1 is 1.67 bits per heavy atom. The number of rotatable bonds is 0. The van der Waals surface area contributed by atoms with Gasteiger partial charge in [-0.2, -0.15) is 0 Å². The van der Waals surface area contributed by atoms with Gasteiger partial charge in [0.05, 0.1) is 0 Å². The lowest BCUT2D eigenvalue weighted by molar-refractivity contribution is -0.132. The lowest BCUT2D eigenvalue weighted by Gasteiger charge is -2.22. The van der Waals surface area contributed by atoms with Crippen LogP contribution in [0.1, 0.15) is 26.2 Å². The van der Waals surface area contributed by atoms with Crippen LogP contribution >= 0.6 is 0 Å². The van der Waals surface area contributed by atoms with Crippen LogP contribution in [0.2, 0.25) is 0 Å². The smallest absolute Gasteiger partial charge is 0.161 e. The van der Waals surface area contributed by atoms with Crippen LogP contribution in [0.3, 0.4) is 0 Å². The molecular formula is C7H12O2. The van der Waals surface area contributed by atoms with E-state index in [9.17, 15) is 4.79 Å². The summed E-state index contributed by atoms with van der Waals surface area (Å²) >= 11 is 0. The summed E-state index contributed by atoms with van der Waals surface area (Å²) in [7, 11) is 0. The molecule has 0 amide bonds. The quantitative estimate of drug-likeness (QED) is 0.522. The first-order chi connectivity index (χ1) is 4.22. The van der Waals surface area contributed by atoms with Crippen molar-refractivity contribution in [2.75, 3.05) is 0 Å². The molecule has 0 saturated heterocycles. The first-order valence-electron chi connectivity index (χ1n) is 3.42. The predicted octanol–water partition coefficient (Wildman–Crippen LogP) is 0.736. The highest BCUT2D eigenvalue weighted by Crippen LogP contribution is 2.20. The zero-order chi connectivity index (χ0) is 6.85. The van der Waals surface area contributed by atoms with E-state index < -0.39 is 6.10 Å². The summed E-state index contributed by atoms with van der Waals surface area (Å²) in [4.78, 5) is 10.8. The van der Waals surface area contributed by atoms with Crippen molar-refractivity contribution < 1.29 is 9.90 Å². The molecule has 0 radical (unpaired) electrons. The number of Topliss-reactive ketones (excluding diaryl/α,β-unsaturated/α-hetero) is 1. The topological polar surface area (TPSA) is 37.3 Å². The third-order valence-electron chi connectivity index (χ3n) is 1.95. The first-order valence-corrected chi connectivity index (χ1v) is 3.42. The summed E-state index contributed by atoms with van der Waals surface area (Å²) in [6.07, 6.45) is 1.86. The Hall–Kier alpha value is -0.370. The highest BCUT2D eigenvalue weighted by molar-refractivity contribution is 5.83. The van der Waals surface area contributed by atoms with Crippen molar-refractivity contribution in [1.82, 2.24) is 0 Å². The molecule has 2 atom stereocenters. The second kappa shape index (κ2) is 2.48. The van der Waals surface area contributed by atoms with Crippen molar-refractivity contribution >= 4 is 5.78 Å². The molecule has 1 N–H and O–H groups in total. The van der Waals surface area contributed by atoms with E-state index in [1.54, 1.807) is 0 Å². The third-order valence-corrected chi connectivity index (χ3v) is 1.95. The van der Waals surface area contributed by atoms with Crippen LogP contribution in [0.15, 0.2) is 0 Å². The highest BCUT2D eigenvalue weighted by Gasteiger charge is 2.25. The van der Waals surface area contributed by atoms with Crippen molar-refractivity contribution in [3.8, 4) is 0 Å². The summed E-state index contributed by atoms with van der Waals surface area (Å²) in [6, 6.07) is 0. The molecule has 1 unspecified atom stereocenters. The number of carbonyl (C=O) groups is 1. The maximum absolute atomic E-state index is 10.8. The monoisotopic (exact) mass is 128 g/mol. The van der Waals surface area contributed by atoms with Crippen molar-refractivity contribution in [1.29, 1.82) is 0 Å². The lowest BCUT2D eigenvalue weighted by Crippen LogP contribution is -2.31. The van der Waals surface area contributed by atoms with E-state index in [0.717, 1.165) is 12.8 Å². The van der Waals surface area contributed by atoms with Crippen LogP contribution in [0.25, 0.3) is 0 Å². The molecule has 0 bridgehead atoms. The largest absolute Gasteiger partial charge is 0.385 e. The zero-order valence-electron chi connectivity index (χ0n) is 5.63. The molecule has 2 heteroatoms. The van der Waals surface area contributed by atoms with Crippen molar-refractivity contribution in [2.24, 2.45) is 5.92 Å². The van der Waals surface area contributed by atoms with Crippen LogP contribution < -0.4 is 0 Å². The Kier molecular flexibility index (Phi) is 1.86. The molecule has 1 saturated carbocycles. The molecule has 9 heavy (non-hydrogen) atoms. The first kappa shape index (κ1) is 6.75. The van der Waals surface area contributed by atoms with Crippen molar-refractivity contribution in [3.63, 3.8) is 0 Å². The van der Waals surface area contributed by atoms with Gasteiger partial charge in [-0.3, -0.25) is 4.79 Å². The molecule has 1 rings (SSSR count). The van der Waals surface area contributed by atoms with Crippen molar-refractivity contribution in [3.05, 3.63) is 0 Å². The predicted molar refractivity (Wildman–Crippen MR) is 34.0 cm³/mol. The fourth-order valence-electron chi connectivity index (χ4n) is 1.22. The average Bonchev–Trinajstić information content (AvgIpc) is 1.83. The minimum absolute atomic E-state index is 0.0220. The summed E-state index contributed by atoms with van der Waals surface area (Å²) < 4.78 is 0. The van der Waals surface area contributed by atoms with Gasteiger partial charge in [0.15, 0.2) is 5.78 Å². The molecule has 1 fully saturated rings. The van der Waals surface area contributed by atoms with Gasteiger partial charge in [-0.1, -0.05) is 6.92 Å². The summed E-state index contributed by atoms with van der Waals surface area (Å²) in [6.45, 7) is 1.92. The Bertz CT molecular complexity index is 120. The van der Waals surface area contributed by atoms with Gasteiger partial charge in [0.1, 0.15) is 6.10 Å². The molecular weight excluding hydrogens is 116 g/mol. The maximum atomic E-state index is 10.8. The van der Waals surface area contributed by atoms with Crippen LogP contribution in [-0.2, 0) is 4.79 Å². The summed E-state index contributed by atoms with van der Waals surface area (Å²) in [5, 5.41) is 9.10. The normalized spacial score (nSPS) is 36.9. The van der Waals surface area contributed by atoms with E-state index >= 15 is 0 Å². The standard InChI is InChI=1S/C7H12O2/c1-5-3-2-4-6(8)7(5)9/h5,7,9H,2-4H2,1H3/t5-,7?/m1/s1. The van der Waals surface area contributed by atoms with Gasteiger partial charge in [0.25, 0.3) is 0 Å². The molecule has 0 aliphatic heterocycles. The number of aliphatic hydroxyl groups excluding tert-OH is 1. The van der Waals surface area contributed by atoms with E-state index in [4.69, 9.17) is 5.11 Å². The third kappa shape index (κ3) is 1.30. The van der Waals surface area contributed by atoms with E-state index in [0.29, 0.717) is 6.42 Å². The fourth-order valence-corrected chi connectivity index (χ4v) is 1.22. The molecule has 0 spiro atoms. The minimum Gasteiger partial charge on any atom is -0.385 e. The second-order valence-electron chi connectivity index (χ2n) is 2.78. The molecule has 1 aliphatic carbocycles. The summed E-state index contributed by atoms with van der Waals surface area (Å²) in [5.74, 6) is 0.208. The van der Waals surface area contributed by atoms with E-state index in [1.807, 2.05) is 6.92 Å². The molecule has 0 aromatic heterocycles. The van der Waals surface area contributed by atoms with E-state index in [2.05, 4.69) is 0 Å². The van der Waals surface area contributed by atoms with Crippen molar-refractivity contribution in [2.45, 2.75) is 32.3 Å². The molecule has 2 nitrogen and oxygen atoms in total. The maximum Gasteiger partial charge on any atom is 0.161 e. The van der Waals surface area contributed by atoms with Gasteiger partial charge >= 0.3 is 0 Å². The Morgan fingerprint density at radius 3 is 2.78 bits per heavy atom. The second-order valence-corrected chi connectivity index (χ2v) is 2.78. The fraction of sp³-hybridized carbons (Fsp3) is 0.857. The van der Waals surface area contributed by atoms with Crippen LogP contribution in [0.4, 0.5) is 0 Å². The van der Waals surface area contributed by atoms with Gasteiger partial charge in [0, 0.05) is 6.42 Å². The number of carbonyl (C=O) groups excluding carboxylic acids is 1. The Balaban J connectivity index is 2.51. The van der Waals surface area contributed by atoms with Gasteiger partial charge in [-0.25, -0.2) is 0 Å². The number of ketones is 1. The minimum atomic E-state index is -0.668. The van der Waals surface area contributed by atoms with Gasteiger partial charge in [-0.15, -0.1) is 0 Å². The number of hydrogen-bond acceptors (Lipinski definition) is 2. The number of aliphatic hydroxyl groups is 1. The molecule has 52 valence electrons. The SMILES string of the molecule is C[C@@H]1CCCC(=O)C1O. The van der Waals surface area contributed by atoms with Gasteiger partial charge in [-0.05, 0) is 18.8 Å². The Morgan fingerprint density at radius 2 is 2.33 bits per heavy atom. The van der Waals surface area contributed by atoms with Gasteiger partial charge in [0.2, 0.25) is 0 Å². The lowest BCUT2D eigenvalue weighted by atomic mass is 9.87. The van der Waals surface area contributed by atoms with Crippen LogP contribution in [0, 0.1) is 5.92 Å². The summed E-state index contributed by atoms with van der Waals surface area (Å²) in [5.41, 5.74) is 0. The average molecular weight is 128 g/mol. The molecule has 1 aliphatic rings. The van der Waals surface area contributed by atoms with E-state index in [1.165, 1.54) is 0 Å². The molecule has 0 aromatic carbocycles. The Labute approximate surface area is 54.9 Å². The highest BCUT2D eigenvalue weighted by atomic mass is 16.3. The van der Waals surface area contributed by atoms with Crippen LogP contribution in [-0.4, -0.2) is 17.0 Å². The zero-order valence-corrected chi connectivity index (χ0v) is 5.63. The van der Waals surface area contributed by atoms with E-state index in [-0.39, 0.29) is 11.7 Å². The molecule has 0 heterocycles.